The molecule has 8 N–H and O–H groups in total. The van der Waals surface area contributed by atoms with E-state index in [1.54, 1.807) is 12.2 Å². The lowest BCUT2D eigenvalue weighted by Crippen LogP contribution is -2.64. The summed E-state index contributed by atoms with van der Waals surface area (Å²) in [6.45, 7) is 2.71. The van der Waals surface area contributed by atoms with Gasteiger partial charge in [-0.1, -0.05) is 161 Å². The molecule has 19 heteroatoms. The molecule has 0 aromatic heterocycles. The Balaban J connectivity index is 2.64. The van der Waals surface area contributed by atoms with E-state index in [4.69, 9.17) is 18.5 Å². The summed E-state index contributed by atoms with van der Waals surface area (Å²) in [4.78, 5) is 54.4. The Morgan fingerprint density at radius 2 is 1.00 bits per heavy atom. The molecule has 0 bridgehead atoms. The van der Waals surface area contributed by atoms with Gasteiger partial charge in [-0.15, -0.1) is 0 Å². The fourth-order valence-corrected chi connectivity index (χ4v) is 8.31. The number of hydrogen-bond donors (Lipinski definition) is 8. The number of aliphatic hydroxyl groups excluding tert-OH is 5. The maximum Gasteiger partial charge on any atom is 0.472 e. The van der Waals surface area contributed by atoms with Gasteiger partial charge in [-0.05, 0) is 83.5 Å². The molecule has 9 atom stereocenters. The molecule has 0 heterocycles. The highest BCUT2D eigenvalue weighted by molar-refractivity contribution is 7.47. The monoisotopic (exact) mass is 1050 g/mol. The van der Waals surface area contributed by atoms with Crippen molar-refractivity contribution >= 4 is 27.6 Å². The van der Waals surface area contributed by atoms with Gasteiger partial charge in [-0.2, -0.15) is 0 Å². The van der Waals surface area contributed by atoms with Gasteiger partial charge in [0.05, 0.1) is 12.7 Å². The summed E-state index contributed by atoms with van der Waals surface area (Å²) in [6.07, 6.45) is 39.1. The number of allylic oxidation sites excluding steroid dienone is 18. The topological polar surface area (TPSA) is 276 Å². The molecule has 1 rings (SSSR count). The van der Waals surface area contributed by atoms with Crippen LogP contribution in [0.15, 0.2) is 122 Å². The molecular formula is C53H84O17P2. The first kappa shape index (κ1) is 66.4. The SMILES string of the molecule is CC/C=C\C/C=C\C/C=C\C/C=C\CCCCCCCCC(=O)OC[C@H](COP(=O)(O)O[C@H]1C(O)C(O)C(O)[C@@H](OP(=O)(O)O)C1O)OC(=O)CC/C=C\C/C=C\C/C=C\C/C=C/C=C/C(O)C/C=C\CC. The van der Waals surface area contributed by atoms with Crippen molar-refractivity contribution in [2.24, 2.45) is 0 Å². The van der Waals surface area contributed by atoms with Crippen LogP contribution in [0.3, 0.4) is 0 Å². The largest absolute Gasteiger partial charge is 0.472 e. The highest BCUT2D eigenvalue weighted by atomic mass is 31.2. The molecule has 0 aliphatic heterocycles. The number of phosphoric acid groups is 2. The van der Waals surface area contributed by atoms with E-state index in [1.807, 2.05) is 67.7 Å². The average molecular weight is 1060 g/mol. The lowest BCUT2D eigenvalue weighted by Gasteiger charge is -2.43. The van der Waals surface area contributed by atoms with Crippen molar-refractivity contribution in [2.75, 3.05) is 13.2 Å². The molecular weight excluding hydrogens is 971 g/mol. The van der Waals surface area contributed by atoms with Crippen LogP contribution < -0.4 is 0 Å². The summed E-state index contributed by atoms with van der Waals surface area (Å²) < 4.78 is 49.3. The Labute approximate surface area is 427 Å². The fourth-order valence-electron chi connectivity index (χ4n) is 6.77. The number of carbonyl (C=O) groups is 2. The van der Waals surface area contributed by atoms with Crippen molar-refractivity contribution in [2.45, 2.75) is 185 Å². The molecule has 0 amide bonds. The summed E-state index contributed by atoms with van der Waals surface area (Å²) in [5.41, 5.74) is 0. The van der Waals surface area contributed by atoms with Crippen molar-refractivity contribution in [3.63, 3.8) is 0 Å². The second-order valence-corrected chi connectivity index (χ2v) is 19.6. The Morgan fingerprint density at radius 1 is 0.514 bits per heavy atom. The van der Waals surface area contributed by atoms with Gasteiger partial charge in [0.1, 0.15) is 43.2 Å². The van der Waals surface area contributed by atoms with Crippen LogP contribution in [-0.4, -0.2) is 114 Å². The summed E-state index contributed by atoms with van der Waals surface area (Å²) in [7, 11) is -10.7. The highest BCUT2D eigenvalue weighted by Crippen LogP contribution is 2.49. The predicted molar refractivity (Wildman–Crippen MR) is 279 cm³/mol. The second-order valence-electron chi connectivity index (χ2n) is 17.0. The summed E-state index contributed by atoms with van der Waals surface area (Å²) >= 11 is 0. The van der Waals surface area contributed by atoms with Crippen molar-refractivity contribution in [3.8, 4) is 0 Å². The Morgan fingerprint density at radius 3 is 1.57 bits per heavy atom. The lowest BCUT2D eigenvalue weighted by atomic mass is 9.85. The number of unbranched alkanes of at least 4 members (excludes halogenated alkanes) is 6. The zero-order valence-electron chi connectivity index (χ0n) is 42.2. The van der Waals surface area contributed by atoms with E-state index in [9.17, 15) is 58.9 Å². The predicted octanol–water partition coefficient (Wildman–Crippen LogP) is 9.25. The summed E-state index contributed by atoms with van der Waals surface area (Å²) in [5.74, 6) is -1.35. The average Bonchev–Trinajstić information content (AvgIpc) is 3.33. The minimum atomic E-state index is -5.39. The van der Waals surface area contributed by atoms with Crippen LogP contribution in [0.5, 0.6) is 0 Å². The Hall–Kier alpha value is -3.64. The van der Waals surface area contributed by atoms with Gasteiger partial charge in [0.15, 0.2) is 6.10 Å². The van der Waals surface area contributed by atoms with Gasteiger partial charge >= 0.3 is 27.6 Å². The molecule has 0 aromatic rings. The number of phosphoric ester groups is 2. The van der Waals surface area contributed by atoms with Gasteiger partial charge in [-0.3, -0.25) is 23.2 Å². The third-order valence-corrected chi connectivity index (χ3v) is 12.1. The van der Waals surface area contributed by atoms with Gasteiger partial charge in [0, 0.05) is 12.8 Å². The van der Waals surface area contributed by atoms with E-state index in [2.05, 4.69) is 60.1 Å². The number of esters is 2. The minimum Gasteiger partial charge on any atom is -0.462 e. The molecule has 408 valence electrons. The number of carbonyl (C=O) groups excluding carboxylic acids is 2. The van der Waals surface area contributed by atoms with Gasteiger partial charge in [0.2, 0.25) is 0 Å². The molecule has 1 aliphatic carbocycles. The zero-order chi connectivity index (χ0) is 53.3. The quantitative estimate of drug-likeness (QED) is 0.00933. The van der Waals surface area contributed by atoms with Crippen LogP contribution in [-0.2, 0) is 41.8 Å². The highest BCUT2D eigenvalue weighted by Gasteiger charge is 2.54. The molecule has 6 unspecified atom stereocenters. The second kappa shape index (κ2) is 41.7. The molecule has 0 aromatic carbocycles. The van der Waals surface area contributed by atoms with E-state index in [1.165, 1.54) is 0 Å². The van der Waals surface area contributed by atoms with Crippen LogP contribution in [0.2, 0.25) is 0 Å². The number of hydrogen-bond acceptors (Lipinski definition) is 14. The first-order chi connectivity index (χ1) is 34.5. The maximum absolute atomic E-state index is 13.0. The number of aliphatic hydroxyl groups is 5. The van der Waals surface area contributed by atoms with Gasteiger partial charge in [-0.25, -0.2) is 9.13 Å². The third-order valence-electron chi connectivity index (χ3n) is 10.6. The first-order valence-electron chi connectivity index (χ1n) is 25.2. The Bertz CT molecular complexity index is 1860. The molecule has 0 spiro atoms. The van der Waals surface area contributed by atoms with Crippen LogP contribution in [0.1, 0.15) is 136 Å². The van der Waals surface area contributed by atoms with E-state index in [-0.39, 0.29) is 19.3 Å². The molecule has 1 fully saturated rings. The fraction of sp³-hybridized carbons (Fsp3) is 0.585. The molecule has 1 saturated carbocycles. The maximum atomic E-state index is 13.0. The molecule has 0 radical (unpaired) electrons. The van der Waals surface area contributed by atoms with Gasteiger partial charge < -0.3 is 49.7 Å². The van der Waals surface area contributed by atoms with Crippen molar-refractivity contribution in [3.05, 3.63) is 122 Å². The van der Waals surface area contributed by atoms with Crippen LogP contribution in [0.4, 0.5) is 0 Å². The lowest BCUT2D eigenvalue weighted by molar-refractivity contribution is -0.216. The normalized spacial score (nSPS) is 22.2. The van der Waals surface area contributed by atoms with Crippen LogP contribution in [0, 0.1) is 0 Å². The van der Waals surface area contributed by atoms with E-state index >= 15 is 0 Å². The van der Waals surface area contributed by atoms with Crippen molar-refractivity contribution < 1.29 is 82.0 Å². The smallest absolute Gasteiger partial charge is 0.462 e. The summed E-state index contributed by atoms with van der Waals surface area (Å²) in [5, 5.41) is 51.2. The van der Waals surface area contributed by atoms with Crippen molar-refractivity contribution in [1.82, 2.24) is 0 Å². The molecule has 1 aliphatic rings. The zero-order valence-corrected chi connectivity index (χ0v) is 44.0. The third kappa shape index (κ3) is 35.5. The number of rotatable bonds is 40. The minimum absolute atomic E-state index is 0.0729. The van der Waals surface area contributed by atoms with E-state index in [0.29, 0.717) is 19.3 Å². The van der Waals surface area contributed by atoms with Crippen LogP contribution >= 0.6 is 15.6 Å². The molecule has 72 heavy (non-hydrogen) atoms. The van der Waals surface area contributed by atoms with E-state index < -0.39 is 89.6 Å². The Kier molecular flexibility index (Phi) is 38.4. The van der Waals surface area contributed by atoms with Crippen molar-refractivity contribution in [1.29, 1.82) is 0 Å². The number of ether oxygens (including phenoxy) is 2. The summed E-state index contributed by atoms with van der Waals surface area (Å²) in [6, 6.07) is 0. The molecule has 17 nitrogen and oxygen atoms in total. The van der Waals surface area contributed by atoms with E-state index in [0.717, 1.165) is 83.5 Å². The standard InChI is InChI=1S/C53H84O17P2/c1-3-5-7-8-9-10-11-12-13-14-15-16-17-20-23-26-29-32-36-40-46(55)66-42-45(43-67-72(64,65)70-53-50(59)48(57)49(58)52(51(53)60)69-71(61,62)63)68-47(56)41-37-33-30-27-24-21-18-19-22-25-28-31-35-39-44(54)38-34-6-4-2/h5-7,9-10,12-13,15-16,19,21-22,24,28,30-31,33-35,39,44-45,48-54,57-60H,3-4,8,11,14,17-18,20,23,25-27,29,32,36-38,40-43H2,1-2H3,(H,64,65)(H2,61,62,63)/b7-5-,10-9-,13-12-,16-15-,22-19-,24-21-,31-28+,33-30-,34-6-,39-35+/t44?,45-,48?,49?,50?,51?,52-,53+/m1/s1. The first-order valence-corrected chi connectivity index (χ1v) is 28.2. The molecule has 0 saturated heterocycles. The van der Waals surface area contributed by atoms with Crippen LogP contribution in [0.25, 0.3) is 0 Å². The van der Waals surface area contributed by atoms with Gasteiger partial charge in [0.25, 0.3) is 0 Å².